The summed E-state index contributed by atoms with van der Waals surface area (Å²) < 4.78 is 1.52. The maximum Gasteiger partial charge on any atom is 0.219 e. The van der Waals surface area contributed by atoms with E-state index in [0.717, 1.165) is 17.1 Å². The van der Waals surface area contributed by atoms with Gasteiger partial charge in [0, 0.05) is 38.0 Å². The normalized spacial score (nSPS) is 13.2. The topological polar surface area (TPSA) is 34.9 Å². The van der Waals surface area contributed by atoms with Crippen molar-refractivity contribution in [3.8, 4) is 0 Å². The van der Waals surface area contributed by atoms with Crippen LogP contribution in [0.1, 0.15) is 26.6 Å². The minimum absolute atomic E-state index is 0.174. The maximum absolute atomic E-state index is 11.1. The first-order valence-corrected chi connectivity index (χ1v) is 8.09. The number of thioether (sulfide) groups is 1. The molecule has 2 rings (SSSR count). The van der Waals surface area contributed by atoms with Crippen molar-refractivity contribution >= 4 is 41.4 Å². The number of rotatable bonds is 5. The molecule has 2 aromatic rings. The van der Waals surface area contributed by atoms with E-state index in [1.54, 1.807) is 30.2 Å². The summed E-state index contributed by atoms with van der Waals surface area (Å²) in [4.78, 5) is 16.4. The lowest BCUT2D eigenvalue weighted by atomic mass is 9.88. The van der Waals surface area contributed by atoms with Crippen molar-refractivity contribution in [2.24, 2.45) is 0 Å². The molecular weight excluding hydrogens is 327 g/mol. The van der Waals surface area contributed by atoms with Crippen LogP contribution < -0.4 is 0 Å². The third kappa shape index (κ3) is 3.62. The summed E-state index contributed by atoms with van der Waals surface area (Å²) in [5, 5.41) is 1.40. The highest BCUT2D eigenvalue weighted by Crippen LogP contribution is 2.38. The van der Waals surface area contributed by atoms with Gasteiger partial charge in [0.2, 0.25) is 6.41 Å². The summed E-state index contributed by atoms with van der Waals surface area (Å²) in [6.45, 7) is 6.24. The molecule has 1 unspecified atom stereocenters. The number of benzene rings is 1. The molecule has 0 N–H and O–H groups in total. The van der Waals surface area contributed by atoms with Crippen molar-refractivity contribution in [3.63, 3.8) is 0 Å². The first-order chi connectivity index (χ1) is 9.84. The van der Waals surface area contributed by atoms with Gasteiger partial charge in [0.15, 0.2) is 0 Å². The summed E-state index contributed by atoms with van der Waals surface area (Å²) in [5.74, 6) is 0.741. The second kappa shape index (κ2) is 6.42. The van der Waals surface area contributed by atoms with E-state index >= 15 is 0 Å². The van der Waals surface area contributed by atoms with E-state index in [1.165, 1.54) is 4.57 Å². The van der Waals surface area contributed by atoms with Crippen molar-refractivity contribution in [2.75, 3.05) is 0 Å². The molecule has 1 aromatic carbocycles. The van der Waals surface area contributed by atoms with Crippen molar-refractivity contribution < 1.29 is 4.79 Å². The highest BCUT2D eigenvalue weighted by atomic mass is 35.5. The van der Waals surface area contributed by atoms with Gasteiger partial charge in [-0.3, -0.25) is 9.36 Å². The second-order valence-electron chi connectivity index (χ2n) is 5.35. The number of nitrogens with zero attached hydrogens (tertiary/aromatic N) is 2. The molecule has 0 aliphatic carbocycles. The van der Waals surface area contributed by atoms with Crippen LogP contribution in [0.4, 0.5) is 0 Å². The number of halogens is 2. The average molecular weight is 343 g/mol. The molecule has 0 saturated heterocycles. The SMILES string of the molecule is CC(Sc1cc(Cl)cc(Cl)c1)C(C)(C)c1nccn1C=O. The fourth-order valence-electron chi connectivity index (χ4n) is 2.03. The summed E-state index contributed by atoms with van der Waals surface area (Å²) >= 11 is 13.7. The zero-order valence-electron chi connectivity index (χ0n) is 12.0. The minimum atomic E-state index is -0.288. The smallest absolute Gasteiger partial charge is 0.219 e. The maximum atomic E-state index is 11.1. The third-order valence-electron chi connectivity index (χ3n) is 3.52. The van der Waals surface area contributed by atoms with Crippen LogP contribution in [0, 0.1) is 0 Å². The number of imidazole rings is 1. The van der Waals surface area contributed by atoms with E-state index in [-0.39, 0.29) is 10.7 Å². The van der Waals surface area contributed by atoms with Crippen LogP contribution in [0.25, 0.3) is 0 Å². The van der Waals surface area contributed by atoms with Crippen molar-refractivity contribution in [1.29, 1.82) is 0 Å². The Morgan fingerprint density at radius 3 is 2.48 bits per heavy atom. The Kier molecular flexibility index (Phi) is 5.02. The quantitative estimate of drug-likeness (QED) is 0.584. The van der Waals surface area contributed by atoms with Gasteiger partial charge in [-0.1, -0.05) is 44.0 Å². The highest BCUT2D eigenvalue weighted by molar-refractivity contribution is 8.00. The van der Waals surface area contributed by atoms with Gasteiger partial charge >= 0.3 is 0 Å². The number of carbonyl (C=O) groups excluding carboxylic acids is 1. The molecule has 1 heterocycles. The zero-order valence-corrected chi connectivity index (χ0v) is 14.3. The number of hydrogen-bond donors (Lipinski definition) is 0. The van der Waals surface area contributed by atoms with Crippen LogP contribution in [0.15, 0.2) is 35.5 Å². The van der Waals surface area contributed by atoms with Gasteiger partial charge in [0.25, 0.3) is 0 Å². The van der Waals surface area contributed by atoms with Crippen LogP contribution in [-0.2, 0) is 10.2 Å². The summed E-state index contributed by atoms with van der Waals surface area (Å²) in [6.07, 6.45) is 4.08. The lowest BCUT2D eigenvalue weighted by molar-refractivity contribution is 0.472. The summed E-state index contributed by atoms with van der Waals surface area (Å²) in [5.41, 5.74) is -0.288. The Hall–Kier alpha value is -0.970. The summed E-state index contributed by atoms with van der Waals surface area (Å²) in [7, 11) is 0. The van der Waals surface area contributed by atoms with Crippen molar-refractivity contribution in [3.05, 3.63) is 46.5 Å². The van der Waals surface area contributed by atoms with E-state index in [4.69, 9.17) is 23.2 Å². The van der Waals surface area contributed by atoms with Crippen molar-refractivity contribution in [1.82, 2.24) is 9.55 Å². The molecule has 6 heteroatoms. The Balaban J connectivity index is 2.26. The van der Waals surface area contributed by atoms with Crippen LogP contribution in [0.2, 0.25) is 10.0 Å². The van der Waals surface area contributed by atoms with Crippen LogP contribution in [0.5, 0.6) is 0 Å². The van der Waals surface area contributed by atoms with Gasteiger partial charge in [-0.05, 0) is 18.2 Å². The molecule has 0 amide bonds. The van der Waals surface area contributed by atoms with Gasteiger partial charge in [0.05, 0.1) is 0 Å². The van der Waals surface area contributed by atoms with Gasteiger partial charge in [-0.25, -0.2) is 4.98 Å². The van der Waals surface area contributed by atoms with Crippen LogP contribution in [0.3, 0.4) is 0 Å². The van der Waals surface area contributed by atoms with Crippen molar-refractivity contribution in [2.45, 2.75) is 36.3 Å². The molecular formula is C15H16Cl2N2OS. The highest BCUT2D eigenvalue weighted by Gasteiger charge is 2.33. The molecule has 21 heavy (non-hydrogen) atoms. The van der Waals surface area contributed by atoms with E-state index in [9.17, 15) is 4.79 Å². The van der Waals surface area contributed by atoms with E-state index in [2.05, 4.69) is 25.8 Å². The van der Waals surface area contributed by atoms with Gasteiger partial charge in [0.1, 0.15) is 5.82 Å². The minimum Gasteiger partial charge on any atom is -0.278 e. The van der Waals surface area contributed by atoms with E-state index in [0.29, 0.717) is 10.0 Å². The molecule has 0 spiro atoms. The fourth-order valence-corrected chi connectivity index (χ4v) is 3.88. The zero-order chi connectivity index (χ0) is 15.6. The molecule has 0 aliphatic heterocycles. The molecule has 3 nitrogen and oxygen atoms in total. The molecule has 0 aliphatic rings. The lowest BCUT2D eigenvalue weighted by Crippen LogP contribution is -2.32. The van der Waals surface area contributed by atoms with Gasteiger partial charge in [-0.2, -0.15) is 0 Å². The molecule has 0 bridgehead atoms. The molecule has 0 saturated carbocycles. The van der Waals surface area contributed by atoms with E-state index in [1.807, 2.05) is 12.1 Å². The Morgan fingerprint density at radius 1 is 1.29 bits per heavy atom. The Labute approximate surface area is 138 Å². The van der Waals surface area contributed by atoms with Gasteiger partial charge < -0.3 is 0 Å². The third-order valence-corrected chi connectivity index (χ3v) is 5.41. The van der Waals surface area contributed by atoms with Crippen LogP contribution >= 0.6 is 35.0 Å². The standard InChI is InChI=1S/C15H16Cl2N2OS/c1-10(21-13-7-11(16)6-12(17)8-13)15(2,3)14-18-4-5-19(14)9-20/h4-10H,1-3H3. The first-order valence-electron chi connectivity index (χ1n) is 6.46. The predicted molar refractivity (Wildman–Crippen MR) is 89.2 cm³/mol. The first kappa shape index (κ1) is 16.4. The Morgan fingerprint density at radius 2 is 1.90 bits per heavy atom. The second-order valence-corrected chi connectivity index (χ2v) is 7.64. The molecule has 0 radical (unpaired) electrons. The monoisotopic (exact) mass is 342 g/mol. The molecule has 112 valence electrons. The van der Waals surface area contributed by atoms with Crippen LogP contribution in [-0.4, -0.2) is 21.2 Å². The predicted octanol–water partition coefficient (Wildman–Crippen LogP) is 4.69. The lowest BCUT2D eigenvalue weighted by Gasteiger charge is -2.30. The molecule has 1 aromatic heterocycles. The summed E-state index contributed by atoms with van der Waals surface area (Å²) in [6, 6.07) is 5.48. The molecule has 0 fully saturated rings. The number of aromatic nitrogens is 2. The largest absolute Gasteiger partial charge is 0.278 e. The Bertz CT molecular complexity index is 635. The van der Waals surface area contributed by atoms with Gasteiger partial charge in [-0.15, -0.1) is 11.8 Å². The fraction of sp³-hybridized carbons (Fsp3) is 0.333. The molecule has 1 atom stereocenters. The average Bonchev–Trinajstić information content (AvgIpc) is 2.86. The number of hydrogen-bond acceptors (Lipinski definition) is 3. The number of carbonyl (C=O) groups is 1. The van der Waals surface area contributed by atoms with E-state index < -0.39 is 0 Å².